The Hall–Kier alpha value is -0.870. The molecule has 0 radical (unpaired) electrons. The lowest BCUT2D eigenvalue weighted by Crippen LogP contribution is -2.43. The largest absolute Gasteiger partial charge is 0.463 e. The van der Waals surface area contributed by atoms with Crippen LogP contribution in [0.5, 0.6) is 0 Å². The summed E-state index contributed by atoms with van der Waals surface area (Å²) in [5.74, 6) is 1.35. The predicted molar refractivity (Wildman–Crippen MR) is 108 cm³/mol. The van der Waals surface area contributed by atoms with Crippen LogP contribution in [0.2, 0.25) is 0 Å². The lowest BCUT2D eigenvalue weighted by Gasteiger charge is -2.53. The topological polar surface area (TPSA) is 66.8 Å². The maximum atomic E-state index is 12.0. The molecule has 0 aliphatic heterocycles. The summed E-state index contributed by atoms with van der Waals surface area (Å²) >= 11 is 0. The molecule has 4 nitrogen and oxygen atoms in total. The molecular weight excluding hydrogens is 340 g/mol. The van der Waals surface area contributed by atoms with E-state index in [-0.39, 0.29) is 30.5 Å². The number of aliphatic hydroxyl groups is 2. The van der Waals surface area contributed by atoms with E-state index in [1.165, 1.54) is 25.7 Å². The van der Waals surface area contributed by atoms with Crippen LogP contribution in [-0.4, -0.2) is 35.5 Å². The molecule has 2 aliphatic carbocycles. The number of carbonyl (C=O) groups is 1. The number of hydrogen-bond donors (Lipinski definition) is 2. The van der Waals surface area contributed by atoms with Crippen molar-refractivity contribution < 1.29 is 19.7 Å². The quantitative estimate of drug-likeness (QED) is 0.481. The van der Waals surface area contributed by atoms with Gasteiger partial charge >= 0.3 is 5.97 Å². The number of rotatable bonds is 8. The van der Waals surface area contributed by atoms with Gasteiger partial charge in [-0.2, -0.15) is 0 Å². The number of allylic oxidation sites excluding steroid dienone is 2. The molecule has 1 saturated carbocycles. The summed E-state index contributed by atoms with van der Waals surface area (Å²) in [4.78, 5) is 12.0. The van der Waals surface area contributed by atoms with Gasteiger partial charge in [-0.1, -0.05) is 46.3 Å². The molecule has 2 aliphatic rings. The molecule has 0 heterocycles. The second kappa shape index (κ2) is 9.09. The molecule has 2 rings (SSSR count). The molecular formula is C23H40O4. The van der Waals surface area contributed by atoms with E-state index in [1.807, 2.05) is 0 Å². The highest BCUT2D eigenvalue weighted by Gasteiger charge is 2.47. The third kappa shape index (κ3) is 5.35. The zero-order valence-corrected chi connectivity index (χ0v) is 18.0. The maximum Gasteiger partial charge on any atom is 0.306 e. The first-order valence-corrected chi connectivity index (χ1v) is 10.7. The van der Waals surface area contributed by atoms with Crippen LogP contribution in [0.3, 0.4) is 0 Å². The third-order valence-electron chi connectivity index (χ3n) is 7.43. The van der Waals surface area contributed by atoms with E-state index in [2.05, 4.69) is 40.7 Å². The van der Waals surface area contributed by atoms with Gasteiger partial charge in [0.15, 0.2) is 0 Å². The highest BCUT2D eigenvalue weighted by Crippen LogP contribution is 2.58. The Morgan fingerprint density at radius 2 is 2.04 bits per heavy atom. The molecule has 0 spiro atoms. The van der Waals surface area contributed by atoms with Gasteiger partial charge in [0.05, 0.1) is 6.61 Å². The molecule has 0 amide bonds. The SMILES string of the molecule is C[C@H](CC[C@@]1(C)C2=CCCC(C)(C)[C@@H]2CC[C@H]1C)CC(=O)OC[C@H](O)CO. The van der Waals surface area contributed by atoms with Gasteiger partial charge in [-0.25, -0.2) is 0 Å². The fourth-order valence-electron chi connectivity index (χ4n) is 5.16. The summed E-state index contributed by atoms with van der Waals surface area (Å²) in [6, 6.07) is 0. The predicted octanol–water partition coefficient (Wildman–Crippen LogP) is 4.49. The molecule has 0 aromatic carbocycles. The zero-order chi connectivity index (χ0) is 20.2. The van der Waals surface area contributed by atoms with E-state index >= 15 is 0 Å². The van der Waals surface area contributed by atoms with Crippen molar-refractivity contribution in [1.29, 1.82) is 0 Å². The summed E-state index contributed by atoms with van der Waals surface area (Å²) in [6.07, 6.45) is 9.11. The molecule has 2 N–H and O–H groups in total. The summed E-state index contributed by atoms with van der Waals surface area (Å²) in [5.41, 5.74) is 2.30. The molecule has 0 saturated heterocycles. The van der Waals surface area contributed by atoms with Crippen molar-refractivity contribution >= 4 is 5.97 Å². The number of esters is 1. The minimum absolute atomic E-state index is 0.125. The molecule has 156 valence electrons. The van der Waals surface area contributed by atoms with Crippen molar-refractivity contribution in [2.45, 2.75) is 85.7 Å². The van der Waals surface area contributed by atoms with Crippen molar-refractivity contribution in [1.82, 2.24) is 0 Å². The summed E-state index contributed by atoms with van der Waals surface area (Å²) < 4.78 is 5.06. The number of carbonyl (C=O) groups excluding carboxylic acids is 1. The first kappa shape index (κ1) is 22.4. The second-order valence-electron chi connectivity index (χ2n) is 10.0. The van der Waals surface area contributed by atoms with Gasteiger partial charge < -0.3 is 14.9 Å². The van der Waals surface area contributed by atoms with Crippen molar-refractivity contribution in [3.8, 4) is 0 Å². The first-order valence-electron chi connectivity index (χ1n) is 10.7. The number of aliphatic hydroxyl groups excluding tert-OH is 2. The van der Waals surface area contributed by atoms with Gasteiger partial charge in [-0.05, 0) is 67.1 Å². The first-order chi connectivity index (χ1) is 12.6. The van der Waals surface area contributed by atoms with Gasteiger partial charge in [-0.3, -0.25) is 4.79 Å². The van der Waals surface area contributed by atoms with Crippen molar-refractivity contribution in [2.24, 2.45) is 28.6 Å². The summed E-state index contributed by atoms with van der Waals surface area (Å²) in [6.45, 7) is 11.3. The second-order valence-corrected chi connectivity index (χ2v) is 10.0. The molecule has 0 unspecified atom stereocenters. The van der Waals surface area contributed by atoms with Gasteiger partial charge in [0, 0.05) is 6.42 Å². The van der Waals surface area contributed by atoms with Crippen LogP contribution in [-0.2, 0) is 9.53 Å². The highest BCUT2D eigenvalue weighted by atomic mass is 16.5. The third-order valence-corrected chi connectivity index (χ3v) is 7.43. The van der Waals surface area contributed by atoms with E-state index in [0.717, 1.165) is 12.8 Å². The van der Waals surface area contributed by atoms with Crippen molar-refractivity contribution in [3.05, 3.63) is 11.6 Å². The van der Waals surface area contributed by atoms with E-state index in [9.17, 15) is 9.90 Å². The van der Waals surface area contributed by atoms with Crippen molar-refractivity contribution in [2.75, 3.05) is 13.2 Å². The van der Waals surface area contributed by atoms with Gasteiger partial charge in [0.2, 0.25) is 0 Å². The number of hydrogen-bond acceptors (Lipinski definition) is 4. The van der Waals surface area contributed by atoms with Crippen LogP contribution < -0.4 is 0 Å². The standard InChI is InChI=1S/C23H40O4/c1-16(13-21(26)27-15-18(25)14-24)10-12-23(5)17(2)8-9-19-20(23)7-6-11-22(19,3)4/h7,16-19,24-25H,6,8-15H2,1-5H3/t16-,17-,18-,19-,23-/m1/s1. The lowest BCUT2D eigenvalue weighted by molar-refractivity contribution is -0.148. The normalized spacial score (nSPS) is 32.2. The van der Waals surface area contributed by atoms with Crippen LogP contribution in [0.1, 0.15) is 79.6 Å². The average molecular weight is 381 g/mol. The smallest absolute Gasteiger partial charge is 0.306 e. The molecule has 1 fully saturated rings. The van der Waals surface area contributed by atoms with E-state index in [4.69, 9.17) is 9.84 Å². The number of fused-ring (bicyclic) bond motifs is 1. The molecule has 27 heavy (non-hydrogen) atoms. The Bertz CT molecular complexity index is 538. The van der Waals surface area contributed by atoms with Crippen LogP contribution in [0, 0.1) is 28.6 Å². The Morgan fingerprint density at radius 3 is 2.70 bits per heavy atom. The van der Waals surface area contributed by atoms with Crippen LogP contribution in [0.25, 0.3) is 0 Å². The molecule has 0 aromatic heterocycles. The van der Waals surface area contributed by atoms with E-state index in [1.54, 1.807) is 5.57 Å². The molecule has 5 atom stereocenters. The van der Waals surface area contributed by atoms with Gasteiger partial charge in [0.25, 0.3) is 0 Å². The molecule has 4 heteroatoms. The average Bonchev–Trinajstić information content (AvgIpc) is 2.61. The minimum atomic E-state index is -0.982. The van der Waals surface area contributed by atoms with E-state index < -0.39 is 6.10 Å². The maximum absolute atomic E-state index is 12.0. The van der Waals surface area contributed by atoms with E-state index in [0.29, 0.717) is 23.7 Å². The lowest BCUT2D eigenvalue weighted by atomic mass is 9.52. The van der Waals surface area contributed by atoms with Crippen LogP contribution >= 0.6 is 0 Å². The fourth-order valence-corrected chi connectivity index (χ4v) is 5.16. The Morgan fingerprint density at radius 1 is 1.33 bits per heavy atom. The molecule has 0 bridgehead atoms. The minimum Gasteiger partial charge on any atom is -0.463 e. The van der Waals surface area contributed by atoms with Gasteiger partial charge in [0.1, 0.15) is 12.7 Å². The Balaban J connectivity index is 1.94. The van der Waals surface area contributed by atoms with Crippen molar-refractivity contribution in [3.63, 3.8) is 0 Å². The highest BCUT2D eigenvalue weighted by molar-refractivity contribution is 5.69. The van der Waals surface area contributed by atoms with Crippen LogP contribution in [0.15, 0.2) is 11.6 Å². The Kier molecular flexibility index (Phi) is 7.54. The van der Waals surface area contributed by atoms with Crippen LogP contribution in [0.4, 0.5) is 0 Å². The zero-order valence-electron chi connectivity index (χ0n) is 18.0. The Labute approximate surface area is 165 Å². The van der Waals surface area contributed by atoms with Gasteiger partial charge in [-0.15, -0.1) is 0 Å². The summed E-state index contributed by atoms with van der Waals surface area (Å²) in [7, 11) is 0. The fraction of sp³-hybridized carbons (Fsp3) is 0.870. The summed E-state index contributed by atoms with van der Waals surface area (Å²) in [5, 5.41) is 18.1. The molecule has 0 aromatic rings. The monoisotopic (exact) mass is 380 g/mol. The number of ether oxygens (including phenoxy) is 1.